The summed E-state index contributed by atoms with van der Waals surface area (Å²) in [6.45, 7) is 8.33. The number of fused-ring (bicyclic) bond motifs is 1. The van der Waals surface area contributed by atoms with Crippen molar-refractivity contribution in [3.8, 4) is 0 Å². The Balaban J connectivity index is 2.29. The highest BCUT2D eigenvalue weighted by Crippen LogP contribution is 2.41. The van der Waals surface area contributed by atoms with Crippen LogP contribution in [0.15, 0.2) is 0 Å². The minimum atomic E-state index is -2.92. The first-order valence-corrected chi connectivity index (χ1v) is 7.82. The van der Waals surface area contributed by atoms with Gasteiger partial charge in [-0.2, -0.15) is 0 Å². The standard InChI is InChI=1S/C12H23NO2S/c1-11(2)6-5-9-10(7-11)16(14,15)8-12(3,4)13-9/h9-10,13H,5-8H2,1-4H3. The molecule has 1 saturated carbocycles. The lowest BCUT2D eigenvalue weighted by atomic mass is 9.74. The summed E-state index contributed by atoms with van der Waals surface area (Å²) in [5.41, 5.74) is -0.0844. The third-order valence-corrected chi connectivity index (χ3v) is 6.48. The van der Waals surface area contributed by atoms with Gasteiger partial charge >= 0.3 is 0 Å². The highest BCUT2D eigenvalue weighted by atomic mass is 32.2. The van der Waals surface area contributed by atoms with E-state index in [1.165, 1.54) is 0 Å². The molecule has 3 nitrogen and oxygen atoms in total. The van der Waals surface area contributed by atoms with Crippen molar-refractivity contribution in [2.45, 2.75) is 63.8 Å². The zero-order valence-corrected chi connectivity index (χ0v) is 11.5. The van der Waals surface area contributed by atoms with Gasteiger partial charge in [0.2, 0.25) is 0 Å². The quantitative estimate of drug-likeness (QED) is 0.707. The molecule has 0 amide bonds. The molecule has 16 heavy (non-hydrogen) atoms. The summed E-state index contributed by atoms with van der Waals surface area (Å²) in [7, 11) is -2.92. The molecule has 1 heterocycles. The summed E-state index contributed by atoms with van der Waals surface area (Å²) < 4.78 is 24.6. The summed E-state index contributed by atoms with van der Waals surface area (Å²) in [5, 5.41) is 3.35. The van der Waals surface area contributed by atoms with Crippen LogP contribution in [-0.2, 0) is 9.84 Å². The van der Waals surface area contributed by atoms with E-state index in [-0.39, 0.29) is 28.0 Å². The fourth-order valence-electron chi connectivity index (χ4n) is 3.22. The number of nitrogens with one attached hydrogen (secondary N) is 1. The lowest BCUT2D eigenvalue weighted by Crippen LogP contribution is -2.64. The second-order valence-electron chi connectivity index (χ2n) is 6.89. The Morgan fingerprint density at radius 1 is 1.19 bits per heavy atom. The molecule has 2 aliphatic rings. The van der Waals surface area contributed by atoms with E-state index in [1.807, 2.05) is 13.8 Å². The number of rotatable bonds is 0. The Morgan fingerprint density at radius 3 is 2.44 bits per heavy atom. The summed E-state index contributed by atoms with van der Waals surface area (Å²) in [5.74, 6) is 0.275. The molecule has 0 bridgehead atoms. The van der Waals surface area contributed by atoms with Gasteiger partial charge in [0, 0.05) is 11.6 Å². The largest absolute Gasteiger partial charge is 0.307 e. The maximum Gasteiger partial charge on any atom is 0.156 e. The minimum Gasteiger partial charge on any atom is -0.307 e. The average molecular weight is 245 g/mol. The van der Waals surface area contributed by atoms with Crippen LogP contribution in [0.5, 0.6) is 0 Å². The molecule has 94 valence electrons. The van der Waals surface area contributed by atoms with Crippen LogP contribution in [0.1, 0.15) is 47.0 Å². The molecule has 2 atom stereocenters. The van der Waals surface area contributed by atoms with Crippen LogP contribution >= 0.6 is 0 Å². The fourth-order valence-corrected chi connectivity index (χ4v) is 5.93. The molecule has 2 unspecified atom stereocenters. The minimum absolute atomic E-state index is 0.163. The van der Waals surface area contributed by atoms with E-state index in [4.69, 9.17) is 0 Å². The Morgan fingerprint density at radius 2 is 1.81 bits per heavy atom. The predicted molar refractivity (Wildman–Crippen MR) is 66.2 cm³/mol. The van der Waals surface area contributed by atoms with Crippen LogP contribution in [0, 0.1) is 5.41 Å². The Bertz CT molecular complexity index is 384. The third kappa shape index (κ3) is 2.28. The van der Waals surface area contributed by atoms with E-state index in [0.717, 1.165) is 19.3 Å². The van der Waals surface area contributed by atoms with E-state index in [9.17, 15) is 8.42 Å². The molecule has 0 aromatic heterocycles. The second-order valence-corrected chi connectivity index (χ2v) is 9.11. The van der Waals surface area contributed by atoms with Gasteiger partial charge in [-0.1, -0.05) is 13.8 Å². The molecule has 1 saturated heterocycles. The van der Waals surface area contributed by atoms with E-state index >= 15 is 0 Å². The van der Waals surface area contributed by atoms with Crippen LogP contribution in [0.25, 0.3) is 0 Å². The highest BCUT2D eigenvalue weighted by Gasteiger charge is 2.48. The predicted octanol–water partition coefficient (Wildman–Crippen LogP) is 1.73. The van der Waals surface area contributed by atoms with Crippen LogP contribution in [0.3, 0.4) is 0 Å². The zero-order valence-electron chi connectivity index (χ0n) is 10.7. The molecule has 4 heteroatoms. The van der Waals surface area contributed by atoms with Gasteiger partial charge in [-0.3, -0.25) is 0 Å². The van der Waals surface area contributed by atoms with Crippen molar-refractivity contribution in [3.05, 3.63) is 0 Å². The van der Waals surface area contributed by atoms with E-state index in [0.29, 0.717) is 0 Å². The normalized spacial score (nSPS) is 40.0. The summed E-state index contributed by atoms with van der Waals surface area (Å²) >= 11 is 0. The topological polar surface area (TPSA) is 46.2 Å². The zero-order chi connectivity index (χ0) is 12.2. The van der Waals surface area contributed by atoms with Gasteiger partial charge in [0.1, 0.15) is 0 Å². The molecular formula is C12H23NO2S. The van der Waals surface area contributed by atoms with Crippen molar-refractivity contribution in [2.24, 2.45) is 5.41 Å². The van der Waals surface area contributed by atoms with Crippen molar-refractivity contribution in [1.82, 2.24) is 5.32 Å². The molecule has 1 N–H and O–H groups in total. The van der Waals surface area contributed by atoms with Crippen molar-refractivity contribution >= 4 is 9.84 Å². The third-order valence-electron chi connectivity index (χ3n) is 3.93. The highest BCUT2D eigenvalue weighted by molar-refractivity contribution is 7.92. The van der Waals surface area contributed by atoms with Crippen molar-refractivity contribution in [1.29, 1.82) is 0 Å². The van der Waals surface area contributed by atoms with Gasteiger partial charge < -0.3 is 5.32 Å². The molecule has 0 aromatic carbocycles. The first kappa shape index (κ1) is 12.4. The van der Waals surface area contributed by atoms with Gasteiger partial charge in [0.25, 0.3) is 0 Å². The average Bonchev–Trinajstić information content (AvgIpc) is 2.03. The lowest BCUT2D eigenvalue weighted by Gasteiger charge is -2.48. The first-order chi connectivity index (χ1) is 7.11. The smallest absolute Gasteiger partial charge is 0.156 e. The maximum absolute atomic E-state index is 12.3. The molecular weight excluding hydrogens is 222 g/mol. The van der Waals surface area contributed by atoms with Crippen LogP contribution in [0.2, 0.25) is 0 Å². The van der Waals surface area contributed by atoms with E-state index in [1.54, 1.807) is 0 Å². The summed E-state index contributed by atoms with van der Waals surface area (Å²) in [6, 6.07) is 0.168. The van der Waals surface area contributed by atoms with Gasteiger partial charge in [0.05, 0.1) is 11.0 Å². The number of hydrogen-bond acceptors (Lipinski definition) is 3. The summed E-state index contributed by atoms with van der Waals surface area (Å²) in [4.78, 5) is 0. The van der Waals surface area contributed by atoms with Crippen molar-refractivity contribution < 1.29 is 8.42 Å². The van der Waals surface area contributed by atoms with Gasteiger partial charge in [-0.25, -0.2) is 8.42 Å². The lowest BCUT2D eigenvalue weighted by molar-refractivity contribution is 0.179. The Kier molecular flexibility index (Phi) is 2.67. The van der Waals surface area contributed by atoms with Crippen molar-refractivity contribution in [3.63, 3.8) is 0 Å². The van der Waals surface area contributed by atoms with Gasteiger partial charge in [0.15, 0.2) is 9.84 Å². The molecule has 2 fully saturated rings. The van der Waals surface area contributed by atoms with Crippen LogP contribution < -0.4 is 5.32 Å². The van der Waals surface area contributed by atoms with Gasteiger partial charge in [-0.15, -0.1) is 0 Å². The van der Waals surface area contributed by atoms with E-state index in [2.05, 4.69) is 19.2 Å². The Labute approximate surface area is 98.9 Å². The molecule has 1 aliphatic carbocycles. The molecule has 1 aliphatic heterocycles. The fraction of sp³-hybridized carbons (Fsp3) is 1.00. The maximum atomic E-state index is 12.3. The SMILES string of the molecule is CC1(C)CCC2NC(C)(C)CS(=O)(=O)C2C1. The Hall–Kier alpha value is -0.0900. The number of hydrogen-bond donors (Lipinski definition) is 1. The number of sulfone groups is 1. The summed E-state index contributed by atoms with van der Waals surface area (Å²) in [6.07, 6.45) is 2.91. The molecule has 2 rings (SSSR count). The molecule has 0 aromatic rings. The van der Waals surface area contributed by atoms with Gasteiger partial charge in [-0.05, 0) is 38.5 Å². The van der Waals surface area contributed by atoms with Crippen molar-refractivity contribution in [2.75, 3.05) is 5.75 Å². The van der Waals surface area contributed by atoms with Crippen LogP contribution in [0.4, 0.5) is 0 Å². The second kappa shape index (κ2) is 3.45. The molecule has 0 radical (unpaired) electrons. The first-order valence-electron chi connectivity index (χ1n) is 6.11. The van der Waals surface area contributed by atoms with E-state index < -0.39 is 9.84 Å². The molecule has 0 spiro atoms. The monoisotopic (exact) mass is 245 g/mol. The van der Waals surface area contributed by atoms with Crippen LogP contribution in [-0.4, -0.2) is 31.0 Å².